The number of hydrogen-bond donors (Lipinski definition) is 1. The van der Waals surface area contributed by atoms with Crippen LogP contribution in [0.15, 0.2) is 12.1 Å². The number of hydrogen-bond acceptors (Lipinski definition) is 2. The topological polar surface area (TPSA) is 15.3 Å². The van der Waals surface area contributed by atoms with E-state index in [2.05, 4.69) is 30.1 Å². The molecule has 0 aliphatic carbocycles. The standard InChI is InChI=1S/C15H22Cl2N2/c1-11(2)18-10-12-14(7-6-13(16)15(12)17)19-8-4-3-5-9-19/h6-7,11,18H,3-5,8-10H2,1-2H3. The lowest BCUT2D eigenvalue weighted by atomic mass is 10.1. The predicted molar refractivity (Wildman–Crippen MR) is 84.5 cm³/mol. The minimum Gasteiger partial charge on any atom is -0.371 e. The van der Waals surface area contributed by atoms with Crippen molar-refractivity contribution >= 4 is 28.9 Å². The van der Waals surface area contributed by atoms with Crippen LogP contribution in [0, 0.1) is 0 Å². The summed E-state index contributed by atoms with van der Waals surface area (Å²) in [4.78, 5) is 2.43. The van der Waals surface area contributed by atoms with Crippen LogP contribution in [-0.4, -0.2) is 19.1 Å². The van der Waals surface area contributed by atoms with Gasteiger partial charge in [-0.05, 0) is 31.4 Å². The molecule has 1 aromatic carbocycles. The Balaban J connectivity index is 2.27. The highest BCUT2D eigenvalue weighted by molar-refractivity contribution is 6.42. The van der Waals surface area contributed by atoms with Crippen molar-refractivity contribution in [3.63, 3.8) is 0 Å². The van der Waals surface area contributed by atoms with Gasteiger partial charge in [0, 0.05) is 36.9 Å². The number of piperidine rings is 1. The Hall–Kier alpha value is -0.440. The molecule has 0 aromatic heterocycles. The fraction of sp³-hybridized carbons (Fsp3) is 0.600. The Morgan fingerprint density at radius 1 is 1.16 bits per heavy atom. The Bertz CT molecular complexity index is 426. The van der Waals surface area contributed by atoms with Gasteiger partial charge in [-0.3, -0.25) is 0 Å². The highest BCUT2D eigenvalue weighted by atomic mass is 35.5. The van der Waals surface area contributed by atoms with Crippen molar-refractivity contribution in [1.29, 1.82) is 0 Å². The minimum absolute atomic E-state index is 0.434. The fourth-order valence-corrected chi connectivity index (χ4v) is 2.89. The van der Waals surface area contributed by atoms with Crippen LogP contribution in [0.25, 0.3) is 0 Å². The summed E-state index contributed by atoms with van der Waals surface area (Å²) in [7, 11) is 0. The molecule has 0 unspecified atom stereocenters. The van der Waals surface area contributed by atoms with Crippen molar-refractivity contribution in [2.75, 3.05) is 18.0 Å². The molecule has 106 valence electrons. The summed E-state index contributed by atoms with van der Waals surface area (Å²) < 4.78 is 0. The molecule has 1 heterocycles. The number of rotatable bonds is 4. The Kier molecular flexibility index (Phi) is 5.37. The molecular formula is C15H22Cl2N2. The Labute approximate surface area is 126 Å². The molecule has 4 heteroatoms. The molecule has 1 aromatic rings. The third kappa shape index (κ3) is 3.77. The quantitative estimate of drug-likeness (QED) is 0.882. The van der Waals surface area contributed by atoms with Crippen molar-refractivity contribution in [2.24, 2.45) is 0 Å². The van der Waals surface area contributed by atoms with Gasteiger partial charge in [0.25, 0.3) is 0 Å². The molecule has 0 bridgehead atoms. The number of nitrogens with one attached hydrogen (secondary N) is 1. The van der Waals surface area contributed by atoms with E-state index in [-0.39, 0.29) is 0 Å². The van der Waals surface area contributed by atoms with Crippen molar-refractivity contribution in [1.82, 2.24) is 5.32 Å². The molecule has 0 spiro atoms. The van der Waals surface area contributed by atoms with Gasteiger partial charge in [0.05, 0.1) is 10.0 Å². The van der Waals surface area contributed by atoms with E-state index in [4.69, 9.17) is 23.2 Å². The monoisotopic (exact) mass is 300 g/mol. The van der Waals surface area contributed by atoms with Crippen LogP contribution < -0.4 is 10.2 Å². The average molecular weight is 301 g/mol. The molecule has 2 rings (SSSR count). The second-order valence-corrected chi connectivity index (χ2v) is 6.23. The second-order valence-electron chi connectivity index (χ2n) is 5.44. The number of benzene rings is 1. The Morgan fingerprint density at radius 3 is 2.47 bits per heavy atom. The summed E-state index contributed by atoms with van der Waals surface area (Å²) in [5, 5.41) is 4.77. The highest BCUT2D eigenvalue weighted by Gasteiger charge is 2.18. The van der Waals surface area contributed by atoms with E-state index >= 15 is 0 Å². The molecule has 0 atom stereocenters. The van der Waals surface area contributed by atoms with Gasteiger partial charge in [-0.15, -0.1) is 0 Å². The first-order valence-corrected chi connectivity index (χ1v) is 7.80. The van der Waals surface area contributed by atoms with Gasteiger partial charge in [-0.2, -0.15) is 0 Å². The van der Waals surface area contributed by atoms with E-state index in [9.17, 15) is 0 Å². The maximum atomic E-state index is 6.40. The van der Waals surface area contributed by atoms with Crippen LogP contribution in [0.3, 0.4) is 0 Å². The number of nitrogens with zero attached hydrogens (tertiary/aromatic N) is 1. The molecule has 0 radical (unpaired) electrons. The zero-order valence-corrected chi connectivity index (χ0v) is 13.2. The smallest absolute Gasteiger partial charge is 0.0657 e. The highest BCUT2D eigenvalue weighted by Crippen LogP contribution is 2.34. The zero-order chi connectivity index (χ0) is 13.8. The molecular weight excluding hydrogens is 279 g/mol. The fourth-order valence-electron chi connectivity index (χ4n) is 2.49. The maximum Gasteiger partial charge on any atom is 0.0657 e. The lowest BCUT2D eigenvalue weighted by Gasteiger charge is -2.31. The molecule has 1 aliphatic rings. The first-order valence-electron chi connectivity index (χ1n) is 7.05. The van der Waals surface area contributed by atoms with Crippen LogP contribution in [-0.2, 0) is 6.54 Å². The van der Waals surface area contributed by atoms with Crippen molar-refractivity contribution in [2.45, 2.75) is 45.7 Å². The van der Waals surface area contributed by atoms with E-state index in [1.54, 1.807) is 0 Å². The van der Waals surface area contributed by atoms with Gasteiger partial charge in [0.1, 0.15) is 0 Å². The van der Waals surface area contributed by atoms with Crippen LogP contribution in [0.2, 0.25) is 10.0 Å². The third-order valence-electron chi connectivity index (χ3n) is 3.56. The van der Waals surface area contributed by atoms with Crippen molar-refractivity contribution < 1.29 is 0 Å². The molecule has 1 saturated heterocycles. The maximum absolute atomic E-state index is 6.40. The van der Waals surface area contributed by atoms with Gasteiger partial charge in [-0.25, -0.2) is 0 Å². The van der Waals surface area contributed by atoms with Gasteiger partial charge >= 0.3 is 0 Å². The number of anilines is 1. The first kappa shape index (κ1) is 15.0. The molecule has 2 nitrogen and oxygen atoms in total. The molecule has 0 saturated carbocycles. The summed E-state index contributed by atoms with van der Waals surface area (Å²) >= 11 is 12.6. The second kappa shape index (κ2) is 6.83. The molecule has 19 heavy (non-hydrogen) atoms. The van der Waals surface area contributed by atoms with E-state index in [1.165, 1.54) is 24.9 Å². The average Bonchev–Trinajstić information content (AvgIpc) is 2.41. The first-order chi connectivity index (χ1) is 9.09. The summed E-state index contributed by atoms with van der Waals surface area (Å²) in [6.45, 7) is 7.28. The summed E-state index contributed by atoms with van der Waals surface area (Å²) in [6, 6.07) is 4.45. The van der Waals surface area contributed by atoms with Crippen molar-refractivity contribution in [3.05, 3.63) is 27.7 Å². The predicted octanol–water partition coefficient (Wildman–Crippen LogP) is 4.48. The third-order valence-corrected chi connectivity index (χ3v) is 4.40. The van der Waals surface area contributed by atoms with Gasteiger partial charge in [0.15, 0.2) is 0 Å². The van der Waals surface area contributed by atoms with E-state index < -0.39 is 0 Å². The molecule has 0 amide bonds. The van der Waals surface area contributed by atoms with E-state index in [1.807, 2.05) is 6.07 Å². The largest absolute Gasteiger partial charge is 0.371 e. The lowest BCUT2D eigenvalue weighted by molar-refractivity contribution is 0.566. The van der Waals surface area contributed by atoms with E-state index in [0.717, 1.165) is 25.2 Å². The normalized spacial score (nSPS) is 16.2. The van der Waals surface area contributed by atoms with Crippen molar-refractivity contribution in [3.8, 4) is 0 Å². The molecule has 1 N–H and O–H groups in total. The minimum atomic E-state index is 0.434. The van der Waals surface area contributed by atoms with Gasteiger partial charge in [0.2, 0.25) is 0 Å². The van der Waals surface area contributed by atoms with E-state index in [0.29, 0.717) is 16.1 Å². The lowest BCUT2D eigenvalue weighted by Crippen LogP contribution is -2.31. The van der Waals surface area contributed by atoms with Gasteiger partial charge in [-0.1, -0.05) is 37.0 Å². The van der Waals surface area contributed by atoms with Crippen LogP contribution in [0.1, 0.15) is 38.7 Å². The SMILES string of the molecule is CC(C)NCc1c(N2CCCCC2)ccc(Cl)c1Cl. The van der Waals surface area contributed by atoms with Crippen LogP contribution >= 0.6 is 23.2 Å². The Morgan fingerprint density at radius 2 is 1.84 bits per heavy atom. The zero-order valence-electron chi connectivity index (χ0n) is 11.7. The van der Waals surface area contributed by atoms with Gasteiger partial charge < -0.3 is 10.2 Å². The summed E-state index contributed by atoms with van der Waals surface area (Å²) in [5.74, 6) is 0. The molecule has 1 fully saturated rings. The summed E-state index contributed by atoms with van der Waals surface area (Å²) in [6.07, 6.45) is 3.85. The number of halogens is 2. The van der Waals surface area contributed by atoms with Crippen LogP contribution in [0.4, 0.5) is 5.69 Å². The molecule has 1 aliphatic heterocycles. The summed E-state index contributed by atoms with van der Waals surface area (Å²) in [5.41, 5.74) is 2.37. The van der Waals surface area contributed by atoms with Crippen LogP contribution in [0.5, 0.6) is 0 Å².